The molecule has 0 amide bonds. The van der Waals surface area contributed by atoms with Gasteiger partial charge >= 0.3 is 0 Å². The van der Waals surface area contributed by atoms with Gasteiger partial charge in [0.25, 0.3) is 0 Å². The molecule has 1 rings (SSSR count). The van der Waals surface area contributed by atoms with Gasteiger partial charge in [-0.05, 0) is 12.5 Å². The van der Waals surface area contributed by atoms with Crippen LogP contribution in [0.15, 0.2) is 24.3 Å². The molecular weight excluding hydrogens is 371 g/mol. The molecule has 0 radical (unpaired) electrons. The van der Waals surface area contributed by atoms with Crippen LogP contribution in [0.2, 0.25) is 0 Å². The van der Waals surface area contributed by atoms with E-state index in [0.29, 0.717) is 26.4 Å². The lowest BCUT2D eigenvalue weighted by Crippen LogP contribution is -2.11. The van der Waals surface area contributed by atoms with Crippen molar-refractivity contribution in [1.82, 2.24) is 0 Å². The maximum atomic E-state index is 5.93. The van der Waals surface area contributed by atoms with Crippen molar-refractivity contribution in [3.63, 3.8) is 0 Å². The quantitative estimate of drug-likeness (QED) is 0.328. The molecule has 1 unspecified atom stereocenters. The van der Waals surface area contributed by atoms with Gasteiger partial charge in [-0.15, -0.1) is 0 Å². The number of halogens is 1. The van der Waals surface area contributed by atoms with Crippen LogP contribution in [0.4, 0.5) is 0 Å². The van der Waals surface area contributed by atoms with Crippen molar-refractivity contribution in [2.45, 2.75) is 12.5 Å². The van der Waals surface area contributed by atoms with E-state index in [4.69, 9.17) is 18.9 Å². The number of para-hydroxylation sites is 1. The van der Waals surface area contributed by atoms with Crippen LogP contribution >= 0.6 is 22.6 Å². The summed E-state index contributed by atoms with van der Waals surface area (Å²) in [7, 11) is 3.36. The Morgan fingerprint density at radius 2 is 1.85 bits per heavy atom. The molecule has 0 bridgehead atoms. The summed E-state index contributed by atoms with van der Waals surface area (Å²) in [5.41, 5.74) is 1.10. The maximum absolute atomic E-state index is 5.93. The molecule has 0 saturated carbocycles. The summed E-state index contributed by atoms with van der Waals surface area (Å²) < 4.78 is 22.5. The fourth-order valence-corrected chi connectivity index (χ4v) is 2.51. The normalized spacial score (nSPS) is 12.3. The molecule has 4 nitrogen and oxygen atoms in total. The molecule has 0 saturated heterocycles. The zero-order chi connectivity index (χ0) is 14.6. The van der Waals surface area contributed by atoms with E-state index in [1.54, 1.807) is 14.2 Å². The first kappa shape index (κ1) is 17.7. The fraction of sp³-hybridized carbons (Fsp3) is 0.600. The Labute approximate surface area is 134 Å². The maximum Gasteiger partial charge on any atom is 0.124 e. The first-order valence-corrected chi connectivity index (χ1v) is 8.23. The highest BCUT2D eigenvalue weighted by molar-refractivity contribution is 14.1. The van der Waals surface area contributed by atoms with E-state index in [2.05, 4.69) is 28.7 Å². The molecule has 0 aliphatic heterocycles. The number of rotatable bonds is 11. The average Bonchev–Trinajstić information content (AvgIpc) is 2.50. The van der Waals surface area contributed by atoms with Crippen LogP contribution in [0.3, 0.4) is 0 Å². The monoisotopic (exact) mass is 394 g/mol. The van der Waals surface area contributed by atoms with Crippen molar-refractivity contribution in [2.75, 3.05) is 45.1 Å². The predicted octanol–water partition coefficient (Wildman–Crippen LogP) is 3.24. The standard InChI is InChI=1S/C15H23IO4/c1-17-10-11-19-8-5-9-20-15(12-16)13-6-3-4-7-14(13)18-2/h3-4,6-7,15H,5,8-12H2,1-2H3. The Bertz CT molecular complexity index is 359. The SMILES string of the molecule is COCCOCCCOC(CI)c1ccccc1OC. The van der Waals surface area contributed by atoms with Crippen molar-refractivity contribution in [3.8, 4) is 5.75 Å². The van der Waals surface area contributed by atoms with Crippen LogP contribution in [0.1, 0.15) is 18.1 Å². The molecule has 1 atom stereocenters. The Morgan fingerprint density at radius 3 is 2.55 bits per heavy atom. The van der Waals surface area contributed by atoms with E-state index in [1.165, 1.54) is 0 Å². The molecule has 0 N–H and O–H groups in total. The Kier molecular flexibility index (Phi) is 10.00. The second-order valence-electron chi connectivity index (χ2n) is 4.21. The number of hydrogen-bond acceptors (Lipinski definition) is 4. The van der Waals surface area contributed by atoms with Gasteiger partial charge in [0, 0.05) is 30.3 Å². The Morgan fingerprint density at radius 1 is 1.05 bits per heavy atom. The second kappa shape index (κ2) is 11.3. The van der Waals surface area contributed by atoms with Gasteiger partial charge in [-0.1, -0.05) is 40.8 Å². The van der Waals surface area contributed by atoms with E-state index in [-0.39, 0.29) is 6.10 Å². The van der Waals surface area contributed by atoms with E-state index in [0.717, 1.165) is 22.2 Å². The van der Waals surface area contributed by atoms with Gasteiger partial charge in [0.2, 0.25) is 0 Å². The van der Waals surface area contributed by atoms with Crippen LogP contribution in [0.5, 0.6) is 5.75 Å². The highest BCUT2D eigenvalue weighted by atomic mass is 127. The zero-order valence-electron chi connectivity index (χ0n) is 12.1. The van der Waals surface area contributed by atoms with E-state index in [1.807, 2.05) is 18.2 Å². The summed E-state index contributed by atoms with van der Waals surface area (Å²) in [6, 6.07) is 7.99. The fourth-order valence-electron chi connectivity index (χ4n) is 1.78. The molecule has 0 fully saturated rings. The largest absolute Gasteiger partial charge is 0.496 e. The molecule has 5 heteroatoms. The predicted molar refractivity (Wildman–Crippen MR) is 87.9 cm³/mol. The molecule has 1 aromatic rings. The number of benzene rings is 1. The molecule has 114 valence electrons. The minimum Gasteiger partial charge on any atom is -0.496 e. The van der Waals surface area contributed by atoms with Gasteiger partial charge in [-0.3, -0.25) is 0 Å². The van der Waals surface area contributed by atoms with E-state index < -0.39 is 0 Å². The molecular formula is C15H23IO4. The molecule has 20 heavy (non-hydrogen) atoms. The molecule has 0 aromatic heterocycles. The minimum atomic E-state index is 0.0609. The average molecular weight is 394 g/mol. The molecule has 0 heterocycles. The summed E-state index contributed by atoms with van der Waals surface area (Å²) in [6.45, 7) is 2.65. The highest BCUT2D eigenvalue weighted by Crippen LogP contribution is 2.28. The molecule has 1 aromatic carbocycles. The van der Waals surface area contributed by atoms with Crippen molar-refractivity contribution in [2.24, 2.45) is 0 Å². The topological polar surface area (TPSA) is 36.9 Å². The van der Waals surface area contributed by atoms with Crippen LogP contribution in [-0.2, 0) is 14.2 Å². The minimum absolute atomic E-state index is 0.0609. The third-order valence-corrected chi connectivity index (χ3v) is 3.61. The van der Waals surface area contributed by atoms with Crippen molar-refractivity contribution >= 4 is 22.6 Å². The zero-order valence-corrected chi connectivity index (χ0v) is 14.3. The second-order valence-corrected chi connectivity index (χ2v) is 5.10. The van der Waals surface area contributed by atoms with Gasteiger partial charge in [0.1, 0.15) is 5.75 Å². The van der Waals surface area contributed by atoms with Crippen LogP contribution < -0.4 is 4.74 Å². The van der Waals surface area contributed by atoms with Crippen LogP contribution in [0, 0.1) is 0 Å². The highest BCUT2D eigenvalue weighted by Gasteiger charge is 2.14. The number of ether oxygens (including phenoxy) is 4. The lowest BCUT2D eigenvalue weighted by molar-refractivity contribution is 0.0314. The first-order valence-electron chi connectivity index (χ1n) is 6.70. The van der Waals surface area contributed by atoms with E-state index in [9.17, 15) is 0 Å². The lowest BCUT2D eigenvalue weighted by atomic mass is 10.1. The molecule has 0 spiro atoms. The summed E-state index contributed by atoms with van der Waals surface area (Å²) in [5.74, 6) is 0.880. The molecule has 0 aliphatic carbocycles. The van der Waals surface area contributed by atoms with Crippen molar-refractivity contribution in [1.29, 1.82) is 0 Å². The summed E-state index contributed by atoms with van der Waals surface area (Å²) in [6.07, 6.45) is 0.942. The Hall–Kier alpha value is -0.370. The molecule has 0 aliphatic rings. The Balaban J connectivity index is 2.32. The van der Waals surface area contributed by atoms with Crippen molar-refractivity contribution < 1.29 is 18.9 Å². The third-order valence-electron chi connectivity index (χ3n) is 2.81. The van der Waals surface area contributed by atoms with Crippen molar-refractivity contribution in [3.05, 3.63) is 29.8 Å². The summed E-state index contributed by atoms with van der Waals surface area (Å²) in [4.78, 5) is 0. The van der Waals surface area contributed by atoms with Gasteiger partial charge in [0.05, 0.1) is 26.4 Å². The van der Waals surface area contributed by atoms with Crippen LogP contribution in [0.25, 0.3) is 0 Å². The third kappa shape index (κ3) is 6.39. The first-order chi connectivity index (χ1) is 9.83. The van der Waals surface area contributed by atoms with Gasteiger partial charge in [-0.25, -0.2) is 0 Å². The summed E-state index contributed by atoms with van der Waals surface area (Å²) in [5, 5.41) is 0. The number of hydrogen-bond donors (Lipinski definition) is 0. The van der Waals surface area contributed by atoms with Gasteiger partial charge in [0.15, 0.2) is 0 Å². The number of alkyl halides is 1. The van der Waals surface area contributed by atoms with Gasteiger partial charge < -0.3 is 18.9 Å². The summed E-state index contributed by atoms with van der Waals surface area (Å²) >= 11 is 2.34. The van der Waals surface area contributed by atoms with Gasteiger partial charge in [-0.2, -0.15) is 0 Å². The number of methoxy groups -OCH3 is 2. The lowest BCUT2D eigenvalue weighted by Gasteiger charge is -2.18. The van der Waals surface area contributed by atoms with Crippen LogP contribution in [-0.4, -0.2) is 45.1 Å². The van der Waals surface area contributed by atoms with E-state index >= 15 is 0 Å². The smallest absolute Gasteiger partial charge is 0.124 e.